The lowest BCUT2D eigenvalue weighted by molar-refractivity contribution is -0.145. The van der Waals surface area contributed by atoms with E-state index in [4.69, 9.17) is 4.74 Å². The quantitative estimate of drug-likeness (QED) is 0.213. The number of ether oxygens (including phenoxy) is 1. The molecule has 1 aromatic rings. The number of carbonyl (C=O) groups is 1. The molecule has 1 heterocycles. The molecule has 3 nitrogen and oxygen atoms in total. The molecule has 0 aliphatic heterocycles. The molecule has 0 N–H and O–H groups in total. The maximum Gasteiger partial charge on any atom is 0.306 e. The largest absolute Gasteiger partial charge is 0.461 e. The van der Waals surface area contributed by atoms with E-state index in [-0.39, 0.29) is 5.97 Å². The first-order valence-corrected chi connectivity index (χ1v) is 11.3. The topological polar surface area (TPSA) is 39.2 Å². The van der Waals surface area contributed by atoms with Crippen LogP contribution in [0.15, 0.2) is 24.5 Å². The molecule has 1 atom stereocenters. The zero-order chi connectivity index (χ0) is 19.6. The van der Waals surface area contributed by atoms with Crippen molar-refractivity contribution in [2.45, 2.75) is 110 Å². The molecule has 0 spiro atoms. The Balaban J connectivity index is 1.80. The first-order chi connectivity index (χ1) is 13.2. The van der Waals surface area contributed by atoms with Crippen LogP contribution in [0.1, 0.15) is 109 Å². The molecule has 27 heavy (non-hydrogen) atoms. The molecule has 0 amide bonds. The summed E-state index contributed by atoms with van der Waals surface area (Å²) in [5.41, 5.74) is 0.946. The van der Waals surface area contributed by atoms with E-state index in [0.717, 1.165) is 24.3 Å². The zero-order valence-electron chi connectivity index (χ0n) is 17.8. The van der Waals surface area contributed by atoms with Crippen molar-refractivity contribution in [1.82, 2.24) is 4.98 Å². The van der Waals surface area contributed by atoms with Gasteiger partial charge in [0.25, 0.3) is 0 Å². The van der Waals surface area contributed by atoms with Crippen molar-refractivity contribution in [3.63, 3.8) is 0 Å². The monoisotopic (exact) mass is 375 g/mol. The molecule has 3 heteroatoms. The van der Waals surface area contributed by atoms with Gasteiger partial charge in [0.05, 0.1) is 0 Å². The third-order valence-corrected chi connectivity index (χ3v) is 5.23. The van der Waals surface area contributed by atoms with Crippen molar-refractivity contribution in [3.8, 4) is 0 Å². The molecule has 0 saturated heterocycles. The minimum absolute atomic E-state index is 0.0906. The normalized spacial score (nSPS) is 12.1. The lowest BCUT2D eigenvalue weighted by Crippen LogP contribution is -2.04. The van der Waals surface area contributed by atoms with Crippen molar-refractivity contribution >= 4 is 5.97 Å². The van der Waals surface area contributed by atoms with Crippen LogP contribution in [0.3, 0.4) is 0 Å². The summed E-state index contributed by atoms with van der Waals surface area (Å²) in [6.07, 6.45) is 21.1. The number of esters is 1. The number of hydrogen-bond donors (Lipinski definition) is 0. The fourth-order valence-corrected chi connectivity index (χ4v) is 3.53. The Kier molecular flexibility index (Phi) is 14.7. The fourth-order valence-electron chi connectivity index (χ4n) is 3.53. The van der Waals surface area contributed by atoms with Gasteiger partial charge in [0, 0.05) is 24.4 Å². The number of nitrogens with zero attached hydrogens (tertiary/aromatic N) is 1. The van der Waals surface area contributed by atoms with E-state index >= 15 is 0 Å². The lowest BCUT2D eigenvalue weighted by Gasteiger charge is -2.09. The van der Waals surface area contributed by atoms with Crippen LogP contribution in [0, 0.1) is 5.92 Å². The molecule has 0 aromatic carbocycles. The van der Waals surface area contributed by atoms with Gasteiger partial charge in [-0.15, -0.1) is 0 Å². The van der Waals surface area contributed by atoms with Crippen molar-refractivity contribution in [1.29, 1.82) is 0 Å². The van der Waals surface area contributed by atoms with Gasteiger partial charge in [-0.1, -0.05) is 97.0 Å². The second-order valence-electron chi connectivity index (χ2n) is 7.99. The Morgan fingerprint density at radius 1 is 0.963 bits per heavy atom. The van der Waals surface area contributed by atoms with Crippen molar-refractivity contribution < 1.29 is 9.53 Å². The van der Waals surface area contributed by atoms with E-state index in [1.54, 1.807) is 12.4 Å². The van der Waals surface area contributed by atoms with E-state index in [0.29, 0.717) is 13.0 Å². The molecule has 0 bridgehead atoms. The molecule has 0 radical (unpaired) electrons. The average molecular weight is 376 g/mol. The van der Waals surface area contributed by atoms with Crippen LogP contribution in [0.25, 0.3) is 0 Å². The Morgan fingerprint density at radius 2 is 1.59 bits per heavy atom. The highest BCUT2D eigenvalue weighted by atomic mass is 16.5. The van der Waals surface area contributed by atoms with Crippen LogP contribution in [-0.2, 0) is 16.1 Å². The van der Waals surface area contributed by atoms with E-state index in [2.05, 4.69) is 18.8 Å². The molecule has 1 rings (SSSR count). The zero-order valence-corrected chi connectivity index (χ0v) is 17.8. The summed E-state index contributed by atoms with van der Waals surface area (Å²) in [5.74, 6) is 0.828. The van der Waals surface area contributed by atoms with Gasteiger partial charge in [0.2, 0.25) is 0 Å². The summed E-state index contributed by atoms with van der Waals surface area (Å²) in [4.78, 5) is 15.7. The molecule has 1 unspecified atom stereocenters. The highest BCUT2D eigenvalue weighted by Gasteiger charge is 2.03. The van der Waals surface area contributed by atoms with Gasteiger partial charge in [-0.25, -0.2) is 0 Å². The number of carbonyl (C=O) groups excluding carboxylic acids is 1. The predicted molar refractivity (Wildman–Crippen MR) is 114 cm³/mol. The van der Waals surface area contributed by atoms with E-state index in [1.165, 1.54) is 70.6 Å². The number of unbranched alkanes of at least 4 members (excludes halogenated alkanes) is 9. The van der Waals surface area contributed by atoms with Crippen LogP contribution in [0.5, 0.6) is 0 Å². The standard InChI is InChI=1S/C24H41NO2/c1-3-15-22(2)16-12-10-8-6-4-5-7-9-11-13-18-24(26)27-21-23-17-14-19-25-20-23/h14,17,19-20,22H,3-13,15-16,18,21H2,1-2H3. The first-order valence-electron chi connectivity index (χ1n) is 11.3. The maximum absolute atomic E-state index is 11.7. The van der Waals surface area contributed by atoms with Crippen LogP contribution >= 0.6 is 0 Å². The highest BCUT2D eigenvalue weighted by Crippen LogP contribution is 2.16. The van der Waals surface area contributed by atoms with Gasteiger partial charge in [-0.05, 0) is 18.4 Å². The number of pyridine rings is 1. The Hall–Kier alpha value is -1.38. The molecule has 1 aromatic heterocycles. The molecule has 0 aliphatic carbocycles. The van der Waals surface area contributed by atoms with Crippen LogP contribution in [0.2, 0.25) is 0 Å². The van der Waals surface area contributed by atoms with Gasteiger partial charge in [0.1, 0.15) is 6.61 Å². The predicted octanol–water partition coefficient (Wildman–Crippen LogP) is 7.24. The van der Waals surface area contributed by atoms with Crippen molar-refractivity contribution in [2.75, 3.05) is 0 Å². The molecular weight excluding hydrogens is 334 g/mol. The summed E-state index contributed by atoms with van der Waals surface area (Å²) < 4.78 is 5.27. The van der Waals surface area contributed by atoms with Gasteiger partial charge in [0.15, 0.2) is 0 Å². The Morgan fingerprint density at radius 3 is 2.19 bits per heavy atom. The van der Waals surface area contributed by atoms with Crippen LogP contribution < -0.4 is 0 Å². The second kappa shape index (κ2) is 16.8. The summed E-state index contributed by atoms with van der Waals surface area (Å²) >= 11 is 0. The summed E-state index contributed by atoms with van der Waals surface area (Å²) in [7, 11) is 0. The number of rotatable bonds is 17. The second-order valence-corrected chi connectivity index (χ2v) is 7.99. The van der Waals surface area contributed by atoms with Gasteiger partial charge in [-0.3, -0.25) is 9.78 Å². The first kappa shape index (κ1) is 23.7. The van der Waals surface area contributed by atoms with E-state index < -0.39 is 0 Å². The van der Waals surface area contributed by atoms with E-state index in [9.17, 15) is 4.79 Å². The van der Waals surface area contributed by atoms with Crippen molar-refractivity contribution in [3.05, 3.63) is 30.1 Å². The van der Waals surface area contributed by atoms with E-state index in [1.807, 2.05) is 12.1 Å². The van der Waals surface area contributed by atoms with Gasteiger partial charge >= 0.3 is 5.97 Å². The summed E-state index contributed by atoms with van der Waals surface area (Å²) in [6, 6.07) is 3.78. The SMILES string of the molecule is CCCC(C)CCCCCCCCCCCCC(=O)OCc1cccnc1. The average Bonchev–Trinajstić information content (AvgIpc) is 2.68. The smallest absolute Gasteiger partial charge is 0.306 e. The number of hydrogen-bond acceptors (Lipinski definition) is 3. The molecular formula is C24H41NO2. The molecule has 154 valence electrons. The summed E-state index contributed by atoms with van der Waals surface area (Å²) in [6.45, 7) is 5.01. The third kappa shape index (κ3) is 14.4. The van der Waals surface area contributed by atoms with Gasteiger partial charge < -0.3 is 4.74 Å². The van der Waals surface area contributed by atoms with Crippen molar-refractivity contribution in [2.24, 2.45) is 5.92 Å². The summed E-state index contributed by atoms with van der Waals surface area (Å²) in [5, 5.41) is 0. The highest BCUT2D eigenvalue weighted by molar-refractivity contribution is 5.69. The lowest BCUT2D eigenvalue weighted by atomic mass is 9.98. The molecule has 0 saturated carbocycles. The third-order valence-electron chi connectivity index (χ3n) is 5.23. The fraction of sp³-hybridized carbons (Fsp3) is 0.750. The van der Waals surface area contributed by atoms with Gasteiger partial charge in [-0.2, -0.15) is 0 Å². The molecule has 0 fully saturated rings. The van der Waals surface area contributed by atoms with Crippen LogP contribution in [-0.4, -0.2) is 11.0 Å². The Labute approximate surface area is 167 Å². The minimum Gasteiger partial charge on any atom is -0.461 e. The van der Waals surface area contributed by atoms with Crippen LogP contribution in [0.4, 0.5) is 0 Å². The number of aromatic nitrogens is 1. The molecule has 0 aliphatic rings. The minimum atomic E-state index is -0.0906. The Bertz CT molecular complexity index is 461. The maximum atomic E-state index is 11.7.